The number of amides is 1. The van der Waals surface area contributed by atoms with Crippen LogP contribution in [0.5, 0.6) is 17.2 Å². The monoisotopic (exact) mass is 447 g/mol. The molecule has 160 valence electrons. The summed E-state index contributed by atoms with van der Waals surface area (Å²) in [5.74, 6) is -1.81. The lowest BCUT2D eigenvalue weighted by Crippen LogP contribution is -2.14. The molecule has 1 amide bonds. The van der Waals surface area contributed by atoms with Gasteiger partial charge in [-0.25, -0.2) is 4.79 Å². The number of para-hydroxylation sites is 2. The van der Waals surface area contributed by atoms with E-state index in [4.69, 9.17) is 21.4 Å². The molecule has 0 unspecified atom stereocenters. The zero-order valence-electron chi connectivity index (χ0n) is 16.1. The molecule has 0 aliphatic carbocycles. The minimum Gasteiger partial charge on any atom is -0.478 e. The van der Waals surface area contributed by atoms with Crippen LogP contribution in [0.2, 0.25) is 5.02 Å². The van der Waals surface area contributed by atoms with Crippen molar-refractivity contribution in [2.24, 2.45) is 0 Å². The van der Waals surface area contributed by atoms with Gasteiger partial charge in [-0.3, -0.25) is 4.79 Å². The minimum atomic E-state index is -3.05. The van der Waals surface area contributed by atoms with Crippen molar-refractivity contribution in [1.29, 1.82) is 0 Å². The van der Waals surface area contributed by atoms with Crippen LogP contribution >= 0.6 is 11.6 Å². The Labute approximate surface area is 181 Å². The summed E-state index contributed by atoms with van der Waals surface area (Å²) >= 11 is 6.17. The smallest absolute Gasteiger partial charge is 0.387 e. The molecule has 2 N–H and O–H groups in total. The molecule has 6 nitrogen and oxygen atoms in total. The number of carbonyl (C=O) groups is 2. The maximum Gasteiger partial charge on any atom is 0.387 e. The Morgan fingerprint density at radius 1 is 1.00 bits per heavy atom. The quantitative estimate of drug-likeness (QED) is 0.464. The Kier molecular flexibility index (Phi) is 6.71. The van der Waals surface area contributed by atoms with E-state index in [-0.39, 0.29) is 28.4 Å². The van der Waals surface area contributed by atoms with Crippen LogP contribution < -0.4 is 14.8 Å². The Morgan fingerprint density at radius 2 is 1.65 bits per heavy atom. The second-order valence-corrected chi connectivity index (χ2v) is 6.77. The normalized spacial score (nSPS) is 10.6. The van der Waals surface area contributed by atoms with Gasteiger partial charge in [0.1, 0.15) is 5.75 Å². The van der Waals surface area contributed by atoms with Gasteiger partial charge in [0.05, 0.1) is 11.1 Å². The first-order valence-electron chi connectivity index (χ1n) is 8.91. The van der Waals surface area contributed by atoms with Crippen molar-refractivity contribution < 1.29 is 33.0 Å². The molecule has 3 aromatic rings. The summed E-state index contributed by atoms with van der Waals surface area (Å²) in [5, 5.41) is 11.9. The van der Waals surface area contributed by atoms with Gasteiger partial charge in [-0.2, -0.15) is 8.78 Å². The summed E-state index contributed by atoms with van der Waals surface area (Å²) in [7, 11) is 0. The van der Waals surface area contributed by atoms with Gasteiger partial charge >= 0.3 is 12.6 Å². The number of ether oxygens (including phenoxy) is 2. The lowest BCUT2D eigenvalue weighted by atomic mass is 10.1. The van der Waals surface area contributed by atoms with E-state index in [9.17, 15) is 18.4 Å². The van der Waals surface area contributed by atoms with Gasteiger partial charge < -0.3 is 19.9 Å². The first-order chi connectivity index (χ1) is 14.7. The fourth-order valence-corrected chi connectivity index (χ4v) is 2.82. The topological polar surface area (TPSA) is 84.9 Å². The molecule has 0 spiro atoms. The van der Waals surface area contributed by atoms with Crippen LogP contribution in [0.3, 0.4) is 0 Å². The zero-order chi connectivity index (χ0) is 22.5. The largest absolute Gasteiger partial charge is 0.478 e. The lowest BCUT2D eigenvalue weighted by Gasteiger charge is -2.16. The number of rotatable bonds is 7. The van der Waals surface area contributed by atoms with E-state index >= 15 is 0 Å². The summed E-state index contributed by atoms with van der Waals surface area (Å²) in [6, 6.07) is 14.3. The molecule has 0 fully saturated rings. The highest BCUT2D eigenvalue weighted by atomic mass is 35.5. The van der Waals surface area contributed by atoms with Crippen molar-refractivity contribution in [3.8, 4) is 17.2 Å². The van der Waals surface area contributed by atoms with Crippen LogP contribution in [-0.4, -0.2) is 23.6 Å². The third-order valence-electron chi connectivity index (χ3n) is 4.18. The fourth-order valence-electron chi connectivity index (χ4n) is 2.66. The van der Waals surface area contributed by atoms with Gasteiger partial charge in [0.2, 0.25) is 0 Å². The molecule has 31 heavy (non-hydrogen) atoms. The molecule has 0 saturated carbocycles. The minimum absolute atomic E-state index is 0.00983. The first-order valence-corrected chi connectivity index (χ1v) is 9.29. The molecule has 3 aromatic carbocycles. The molecule has 0 radical (unpaired) electrons. The number of hydrogen-bond acceptors (Lipinski definition) is 4. The number of carboxylic acids is 1. The second-order valence-electron chi connectivity index (χ2n) is 6.36. The van der Waals surface area contributed by atoms with E-state index in [0.29, 0.717) is 16.3 Å². The number of aromatic carboxylic acids is 1. The highest BCUT2D eigenvalue weighted by Gasteiger charge is 2.19. The van der Waals surface area contributed by atoms with Crippen molar-refractivity contribution in [2.45, 2.75) is 13.5 Å². The van der Waals surface area contributed by atoms with Gasteiger partial charge in [0, 0.05) is 10.7 Å². The maximum absolute atomic E-state index is 12.9. The van der Waals surface area contributed by atoms with Crippen molar-refractivity contribution in [1.82, 2.24) is 0 Å². The Morgan fingerprint density at radius 3 is 2.26 bits per heavy atom. The lowest BCUT2D eigenvalue weighted by molar-refractivity contribution is -0.0510. The molecule has 0 aliphatic heterocycles. The predicted molar refractivity (Wildman–Crippen MR) is 111 cm³/mol. The number of aryl methyl sites for hydroxylation is 1. The summed E-state index contributed by atoms with van der Waals surface area (Å²) in [5.41, 5.74) is 1.06. The SMILES string of the molecule is Cc1cc(Oc2ccccc2OC(F)F)c(C(=O)Nc2ccc(C(=O)O)cc2)cc1Cl. The molecular formula is C22H16ClF2NO5. The van der Waals surface area contributed by atoms with E-state index in [2.05, 4.69) is 10.1 Å². The van der Waals surface area contributed by atoms with Crippen molar-refractivity contribution in [3.05, 3.63) is 82.4 Å². The standard InChI is InChI=1S/C22H16ClF2NO5/c1-12-10-19(30-17-4-2-3-5-18(17)31-22(24)25)15(11-16(12)23)20(27)26-14-8-6-13(7-9-14)21(28)29/h2-11,22H,1H3,(H,26,27)(H,28,29). The maximum atomic E-state index is 12.9. The van der Waals surface area contributed by atoms with Crippen LogP contribution in [0.25, 0.3) is 0 Å². The molecule has 0 heterocycles. The summed E-state index contributed by atoms with van der Waals surface area (Å²) < 4.78 is 35.6. The first kappa shape index (κ1) is 22.0. The summed E-state index contributed by atoms with van der Waals surface area (Å²) in [4.78, 5) is 23.8. The van der Waals surface area contributed by atoms with Crippen LogP contribution in [0.15, 0.2) is 60.7 Å². The van der Waals surface area contributed by atoms with Gasteiger partial charge in [0.25, 0.3) is 5.91 Å². The highest BCUT2D eigenvalue weighted by Crippen LogP contribution is 2.36. The summed E-state index contributed by atoms with van der Waals surface area (Å²) in [6.07, 6.45) is 0. The average Bonchev–Trinajstić information content (AvgIpc) is 2.72. The van der Waals surface area contributed by atoms with Gasteiger partial charge in [-0.15, -0.1) is 0 Å². The Hall–Kier alpha value is -3.65. The van der Waals surface area contributed by atoms with E-state index in [1.165, 1.54) is 54.6 Å². The van der Waals surface area contributed by atoms with Gasteiger partial charge in [-0.05, 0) is 61.0 Å². The predicted octanol–water partition coefficient (Wildman–Crippen LogP) is 5.99. The number of anilines is 1. The van der Waals surface area contributed by atoms with Crippen LogP contribution in [-0.2, 0) is 0 Å². The van der Waals surface area contributed by atoms with Crippen molar-refractivity contribution in [3.63, 3.8) is 0 Å². The number of carbonyl (C=O) groups excluding carboxylic acids is 1. The van der Waals surface area contributed by atoms with Crippen molar-refractivity contribution >= 4 is 29.2 Å². The second kappa shape index (κ2) is 9.44. The molecule has 0 aliphatic rings. The molecule has 0 aromatic heterocycles. The van der Waals surface area contributed by atoms with E-state index < -0.39 is 18.5 Å². The number of benzene rings is 3. The number of halogens is 3. The number of alkyl halides is 2. The molecular weight excluding hydrogens is 432 g/mol. The molecule has 0 saturated heterocycles. The fraction of sp³-hybridized carbons (Fsp3) is 0.0909. The van der Waals surface area contributed by atoms with E-state index in [1.807, 2.05) is 0 Å². The van der Waals surface area contributed by atoms with Crippen LogP contribution in [0.1, 0.15) is 26.3 Å². The number of carboxylic acid groups (broad SMARTS) is 1. The molecule has 9 heteroatoms. The zero-order valence-corrected chi connectivity index (χ0v) is 16.8. The third-order valence-corrected chi connectivity index (χ3v) is 4.59. The molecule has 0 atom stereocenters. The third kappa shape index (κ3) is 5.49. The summed E-state index contributed by atoms with van der Waals surface area (Å²) in [6.45, 7) is -1.35. The number of hydrogen-bond donors (Lipinski definition) is 2. The van der Waals surface area contributed by atoms with Crippen LogP contribution in [0, 0.1) is 6.92 Å². The number of nitrogens with one attached hydrogen (secondary N) is 1. The Balaban J connectivity index is 1.92. The van der Waals surface area contributed by atoms with E-state index in [1.54, 1.807) is 13.0 Å². The van der Waals surface area contributed by atoms with Crippen LogP contribution in [0.4, 0.5) is 14.5 Å². The van der Waals surface area contributed by atoms with Crippen molar-refractivity contribution in [2.75, 3.05) is 5.32 Å². The Bertz CT molecular complexity index is 1120. The highest BCUT2D eigenvalue weighted by molar-refractivity contribution is 6.32. The van der Waals surface area contributed by atoms with E-state index in [0.717, 1.165) is 0 Å². The van der Waals surface area contributed by atoms with Gasteiger partial charge in [0.15, 0.2) is 11.5 Å². The molecule has 3 rings (SSSR count). The average molecular weight is 448 g/mol. The molecule has 0 bridgehead atoms. The van der Waals surface area contributed by atoms with Gasteiger partial charge in [-0.1, -0.05) is 23.7 Å².